The van der Waals surface area contributed by atoms with Gasteiger partial charge in [-0.2, -0.15) is 26.3 Å². The maximum Gasteiger partial charge on any atom is 0.416 e. The quantitative estimate of drug-likeness (QED) is 0.0566. The number of hydrogen-bond acceptors (Lipinski definition) is 6. The Kier molecular flexibility index (Phi) is 24.8. The Morgan fingerprint density at radius 3 is 0.964 bits per heavy atom. The van der Waals surface area contributed by atoms with Gasteiger partial charge in [-0.1, -0.05) is 170 Å². The molecule has 0 radical (unpaired) electrons. The van der Waals surface area contributed by atoms with Crippen LogP contribution < -0.4 is 31.9 Å². The first-order valence-corrected chi connectivity index (χ1v) is 46.1. The summed E-state index contributed by atoms with van der Waals surface area (Å²) in [7, 11) is 0. The Morgan fingerprint density at radius 1 is 0.292 bits per heavy atom. The highest BCUT2D eigenvalue weighted by Gasteiger charge is 2.39. The van der Waals surface area contributed by atoms with Gasteiger partial charge in [0.2, 0.25) is 0 Å². The Balaban J connectivity index is 0.000000106. The van der Waals surface area contributed by atoms with Gasteiger partial charge >= 0.3 is 12.4 Å². The number of aromatic amines is 6. The Hall–Kier alpha value is -14.7. The van der Waals surface area contributed by atoms with Crippen LogP contribution in [0.1, 0.15) is 128 Å². The average molecular weight is 1950 g/mol. The Bertz CT molecular complexity index is 7870. The van der Waals surface area contributed by atoms with E-state index in [2.05, 4.69) is 177 Å². The van der Waals surface area contributed by atoms with E-state index >= 15 is 0 Å². The number of rotatable bonds is 6. The number of hydrogen-bond donors (Lipinski definition) is 12. The fourth-order valence-electron chi connectivity index (χ4n) is 19.2. The van der Waals surface area contributed by atoms with Crippen LogP contribution in [0, 0.1) is 17.5 Å². The molecular weight excluding hydrogens is 1860 g/mol. The van der Waals surface area contributed by atoms with E-state index in [1.807, 2.05) is 78.9 Å². The van der Waals surface area contributed by atoms with Crippen LogP contribution in [0.3, 0.4) is 0 Å². The summed E-state index contributed by atoms with van der Waals surface area (Å²) in [5.41, 5.74) is 24.2. The van der Waals surface area contributed by atoms with Crippen LogP contribution in [0.15, 0.2) is 247 Å². The molecule has 12 aromatic carbocycles. The summed E-state index contributed by atoms with van der Waals surface area (Å²) in [6, 6.07) is 71.0. The molecule has 0 aliphatic carbocycles. The zero-order valence-corrected chi connectivity index (χ0v) is 76.8. The van der Waals surface area contributed by atoms with Gasteiger partial charge in [-0.3, -0.25) is 24.0 Å². The summed E-state index contributed by atoms with van der Waals surface area (Å²) in [5, 5.41) is 23.5. The number of thiocarbonyl (C=S) groups is 1. The molecule has 6 aliphatic rings. The van der Waals surface area contributed by atoms with Gasteiger partial charge in [-0.05, 0) is 238 Å². The summed E-state index contributed by atoms with van der Waals surface area (Å²) in [6.45, 7) is 10.2. The second-order valence-electron chi connectivity index (χ2n) is 35.0. The summed E-state index contributed by atoms with van der Waals surface area (Å²) < 4.78 is 121. The predicted molar refractivity (Wildman–Crippen MR) is 527 cm³/mol. The van der Waals surface area contributed by atoms with Crippen LogP contribution in [-0.2, 0) is 56.3 Å². The van der Waals surface area contributed by atoms with Gasteiger partial charge in [0.15, 0.2) is 0 Å². The largest absolute Gasteiger partial charge is 0.416 e. The van der Waals surface area contributed by atoms with E-state index in [9.17, 15) is 63.5 Å². The molecule has 12 N–H and O–H groups in total. The molecule has 29 heteroatoms. The third-order valence-corrected chi connectivity index (χ3v) is 26.7. The maximum absolute atomic E-state index is 14.1. The van der Waals surface area contributed by atoms with Crippen LogP contribution in [0.4, 0.5) is 39.5 Å². The monoisotopic (exact) mass is 1950 g/mol. The molecule has 0 bridgehead atoms. The first-order valence-electron chi connectivity index (χ1n) is 44.5. The molecule has 24 rings (SSSR count). The molecule has 0 saturated carbocycles. The number of halogens is 11. The molecule has 0 saturated heterocycles. The number of carbonyl (C=O) groups excluding carboxylic acids is 5. The summed E-state index contributed by atoms with van der Waals surface area (Å²) in [4.78, 5) is 81.7. The molecule has 12 heterocycles. The van der Waals surface area contributed by atoms with Gasteiger partial charge < -0.3 is 61.8 Å². The van der Waals surface area contributed by atoms with Crippen molar-refractivity contribution in [2.45, 2.75) is 77.1 Å². The highest BCUT2D eigenvalue weighted by Crippen LogP contribution is 2.45. The van der Waals surface area contributed by atoms with E-state index in [1.165, 1.54) is 68.2 Å². The number of amides is 5. The molecule has 0 spiro atoms. The Morgan fingerprint density at radius 2 is 0.606 bits per heavy atom. The zero-order chi connectivity index (χ0) is 95.6. The highest BCUT2D eigenvalue weighted by atomic mass is 79.9. The molecule has 690 valence electrons. The molecule has 17 nitrogen and oxygen atoms in total. The number of alkyl halides is 6. The predicted octanol–water partition coefficient (Wildman–Crippen LogP) is 24.4. The second kappa shape index (κ2) is 37.2. The maximum atomic E-state index is 14.1. The number of aromatic nitrogens is 6. The highest BCUT2D eigenvalue weighted by molar-refractivity contribution is 9.10. The second-order valence-corrected chi connectivity index (χ2v) is 36.8. The minimum Gasteiger partial charge on any atom is -0.375 e. The molecule has 6 aliphatic heterocycles. The van der Waals surface area contributed by atoms with Gasteiger partial charge in [0, 0.05) is 183 Å². The number of carbonyl (C=O) groups is 5. The molecule has 0 unspecified atom stereocenters. The zero-order valence-electron chi connectivity index (χ0n) is 73.7. The topological polar surface area (TPSA) is 252 Å². The van der Waals surface area contributed by atoms with E-state index in [1.54, 1.807) is 42.5 Å². The van der Waals surface area contributed by atoms with E-state index in [0.29, 0.717) is 95.6 Å². The third-order valence-electron chi connectivity index (χ3n) is 25.5. The first kappa shape index (κ1) is 91.4. The van der Waals surface area contributed by atoms with Crippen molar-refractivity contribution in [1.82, 2.24) is 61.8 Å². The molecule has 18 aromatic rings. The lowest BCUT2D eigenvalue weighted by atomic mass is 9.86. The minimum atomic E-state index is -4.93. The van der Waals surface area contributed by atoms with Crippen molar-refractivity contribution >= 4 is 140 Å². The van der Waals surface area contributed by atoms with Crippen LogP contribution in [0.2, 0.25) is 5.02 Å². The number of nitrogens with one attached hydrogen (secondary N) is 12. The molecule has 0 fully saturated rings. The average Bonchev–Trinajstić information content (AvgIpc) is 1.65. The molecule has 0 atom stereocenters. The van der Waals surface area contributed by atoms with Crippen molar-refractivity contribution in [3.8, 4) is 67.5 Å². The summed E-state index contributed by atoms with van der Waals surface area (Å²) in [6.07, 6.45) is -5.61. The van der Waals surface area contributed by atoms with Gasteiger partial charge in [-0.25, -0.2) is 13.2 Å². The smallest absolute Gasteiger partial charge is 0.375 e. The fraction of sp³-hybridized carbons (Fsp3) is 0.167. The molecule has 6 aromatic heterocycles. The normalized spacial score (nSPS) is 14.3. The first-order chi connectivity index (χ1) is 65.9. The minimum absolute atomic E-state index is 0.0145. The van der Waals surface area contributed by atoms with Crippen molar-refractivity contribution in [2.75, 3.05) is 39.3 Å². The van der Waals surface area contributed by atoms with Crippen LogP contribution >= 0.6 is 39.7 Å². The lowest BCUT2D eigenvalue weighted by Crippen LogP contribution is -2.23. The van der Waals surface area contributed by atoms with Crippen LogP contribution in [-0.4, -0.2) is 104 Å². The number of benzene rings is 12. The van der Waals surface area contributed by atoms with E-state index < -0.39 is 40.9 Å². The molecule has 5 amide bonds. The van der Waals surface area contributed by atoms with E-state index in [4.69, 9.17) is 23.8 Å². The fourth-order valence-corrected chi connectivity index (χ4v) is 19.9. The Labute approximate surface area is 796 Å². The lowest BCUT2D eigenvalue weighted by molar-refractivity contribution is -0.143. The van der Waals surface area contributed by atoms with E-state index in [0.717, 1.165) is 141 Å². The molecular formula is C108H85BrClF9N12O5S. The van der Waals surface area contributed by atoms with Crippen molar-refractivity contribution < 1.29 is 63.5 Å². The van der Waals surface area contributed by atoms with Gasteiger partial charge in [0.25, 0.3) is 29.5 Å². The van der Waals surface area contributed by atoms with Crippen molar-refractivity contribution in [1.29, 1.82) is 0 Å². The van der Waals surface area contributed by atoms with Gasteiger partial charge in [0.1, 0.15) is 22.4 Å². The van der Waals surface area contributed by atoms with Gasteiger partial charge in [-0.15, -0.1) is 0 Å². The van der Waals surface area contributed by atoms with Gasteiger partial charge in [0.05, 0.1) is 21.8 Å². The van der Waals surface area contributed by atoms with Crippen molar-refractivity contribution in [3.05, 3.63) is 353 Å². The SMILES string of the molecule is CC(C)(C)c1ccc(-c2[nH]c3cccc4c3c2CCNC4=O)cc1.O=C1NCCc2c(-c3cc(C(F)(F)F)cc(C(F)(F)F)c3)[nH]c3cccc1c23.O=C1NCCc2c(-c3ccc(Br)cc3)[nH]c3cccc1c23.O=C1NCCc2c(-c3ccc(F)c(Cl)c3)[nH]c3cccc1c23.O=C1NCCc2c(-c3ccc(F)cc3F)[nH]c3cccc1c23.S=C1NCCc2c(-c3ccccc3)[nH]c3cccc1c23. The third kappa shape index (κ3) is 18.0. The van der Waals surface area contributed by atoms with Crippen LogP contribution in [0.25, 0.3) is 133 Å². The van der Waals surface area contributed by atoms with Crippen molar-refractivity contribution in [2.24, 2.45) is 0 Å². The van der Waals surface area contributed by atoms with E-state index in [-0.39, 0.29) is 70.3 Å². The summed E-state index contributed by atoms with van der Waals surface area (Å²) >= 11 is 14.9. The standard InChI is InChI=1S/C21H22N2O.C19H12F6N2O.C17H13BrN2O.C17H12ClFN2O.C17H12F2N2O.C17H14N2S/c1-21(2,3)14-9-7-13(8-10-14)19-15-11-12-22-20(24)16-5-4-6-17(23-19)18(15)16;20-18(21,22)10-6-9(7-11(8-10)19(23,24)25)16-12-4-5-26-17(28)13-2-1-3-14(27-16)15(12)13;18-11-6-4-10(5-7-11)16-12-8-9-19-17(21)13-2-1-3-14(20-16)15(12)13;18-12-8-9(4-5-13(12)19)16-10-6-7-20-17(22)11-2-1-3-14(21-16)15(10)11;18-9-4-5-10(13(19)8-9)16-11-6-7-20-17(22)12-2-1-3-14(21-16)15(11)12;20-17-13-7-4-8-14-15(13)12(9-10-18-17)16(19-14)11-5-2-1-3-6-11/h4-10,23H,11-12H2,1-3H3,(H,22,24);1-3,6-8,27H,4-5H2,(H,26,28);1-7,20H,8-9H2,(H,19,21);2*1-5,8,21H,6-7H2,(H,20,22);1-8,19H,9-10H2,(H,18,20). The lowest BCUT2D eigenvalue weighted by Gasteiger charge is -2.19. The van der Waals surface area contributed by atoms with Crippen LogP contribution in [0.5, 0.6) is 0 Å². The molecule has 137 heavy (non-hydrogen) atoms. The summed E-state index contributed by atoms with van der Waals surface area (Å²) in [5.74, 6) is -2.16. The van der Waals surface area contributed by atoms with Crippen molar-refractivity contribution in [3.63, 3.8) is 0 Å². The number of H-pyrrole nitrogens is 6.